The molecule has 8 nitrogen and oxygen atoms in total. The average Bonchev–Trinajstić information content (AvgIpc) is 2.80. The lowest BCUT2D eigenvalue weighted by Crippen LogP contribution is -2.39. The minimum Gasteiger partial charge on any atom is -0.464 e. The molecule has 0 spiro atoms. The lowest BCUT2D eigenvalue weighted by molar-refractivity contribution is -0.142. The van der Waals surface area contributed by atoms with Crippen LogP contribution in [0.4, 0.5) is 0 Å². The fourth-order valence-electron chi connectivity index (χ4n) is 1.83. The van der Waals surface area contributed by atoms with Crippen LogP contribution in [0.1, 0.15) is 26.7 Å². The van der Waals surface area contributed by atoms with Gasteiger partial charge in [0.1, 0.15) is 11.8 Å². The van der Waals surface area contributed by atoms with Crippen molar-refractivity contribution in [1.82, 2.24) is 5.32 Å². The van der Waals surface area contributed by atoms with Gasteiger partial charge >= 0.3 is 5.97 Å². The molecule has 3 atom stereocenters. The smallest absolute Gasteiger partial charge is 0.328 e. The second kappa shape index (κ2) is 7.49. The van der Waals surface area contributed by atoms with Crippen LogP contribution in [-0.2, 0) is 19.1 Å². The number of ether oxygens (including phenoxy) is 1. The van der Waals surface area contributed by atoms with Crippen LogP contribution in [-0.4, -0.2) is 36.9 Å². The summed E-state index contributed by atoms with van der Waals surface area (Å²) in [6.45, 7) is 3.97. The first kappa shape index (κ1) is 16.0. The molecule has 0 aromatic carbocycles. The van der Waals surface area contributed by atoms with Gasteiger partial charge in [0.05, 0.1) is 13.0 Å². The third-order valence-electron chi connectivity index (χ3n) is 3.40. The molecule has 0 aromatic heterocycles. The molecule has 1 aliphatic rings. The zero-order chi connectivity index (χ0) is 15.1. The van der Waals surface area contributed by atoms with E-state index in [1.54, 1.807) is 13.8 Å². The zero-order valence-electron chi connectivity index (χ0n) is 11.5. The molecular formula is C12H18N4O4. The number of carbonyl (C=O) groups excluding carboxylic acids is 3. The molecule has 1 aliphatic heterocycles. The number of rotatable bonds is 7. The van der Waals surface area contributed by atoms with E-state index in [9.17, 15) is 14.4 Å². The molecule has 1 fully saturated rings. The number of carbonyl (C=O) groups is 3. The Morgan fingerprint density at radius 1 is 1.55 bits per heavy atom. The molecule has 110 valence electrons. The Morgan fingerprint density at radius 3 is 2.80 bits per heavy atom. The first-order chi connectivity index (χ1) is 9.45. The van der Waals surface area contributed by atoms with Gasteiger partial charge in [0.15, 0.2) is 0 Å². The van der Waals surface area contributed by atoms with Crippen LogP contribution >= 0.6 is 0 Å². The van der Waals surface area contributed by atoms with Gasteiger partial charge in [-0.25, -0.2) is 4.79 Å². The van der Waals surface area contributed by atoms with E-state index in [-0.39, 0.29) is 37.2 Å². The Bertz CT molecular complexity index is 445. The lowest BCUT2D eigenvalue weighted by atomic mass is 9.90. The number of esters is 1. The van der Waals surface area contributed by atoms with Crippen molar-refractivity contribution in [3.8, 4) is 0 Å². The second-order valence-corrected chi connectivity index (χ2v) is 4.90. The highest BCUT2D eigenvalue weighted by atomic mass is 16.5. The maximum Gasteiger partial charge on any atom is 0.328 e. The van der Waals surface area contributed by atoms with Crippen LogP contribution in [0.5, 0.6) is 0 Å². The number of ketones is 1. The van der Waals surface area contributed by atoms with Crippen molar-refractivity contribution < 1.29 is 19.1 Å². The van der Waals surface area contributed by atoms with Crippen LogP contribution in [0, 0.1) is 11.8 Å². The number of Topliss-reactive ketones (excluding diaryl/α,β-unsaturated/α-hetero) is 1. The SMILES string of the molecule is CC(CN=[N+]=[N-])C(C)C(=O)CC(=O)N[C@H]1CCOC1=O. The highest BCUT2D eigenvalue weighted by molar-refractivity contribution is 6.00. The van der Waals surface area contributed by atoms with Crippen LogP contribution in [0.3, 0.4) is 0 Å². The molecule has 8 heteroatoms. The average molecular weight is 282 g/mol. The van der Waals surface area contributed by atoms with E-state index in [4.69, 9.17) is 10.3 Å². The maximum absolute atomic E-state index is 11.9. The molecule has 20 heavy (non-hydrogen) atoms. The van der Waals surface area contributed by atoms with E-state index in [2.05, 4.69) is 15.3 Å². The molecule has 1 saturated heterocycles. The summed E-state index contributed by atoms with van der Waals surface area (Å²) < 4.78 is 4.72. The predicted octanol–water partition coefficient (Wildman–Crippen LogP) is 0.960. The monoisotopic (exact) mass is 282 g/mol. The van der Waals surface area contributed by atoms with Crippen molar-refractivity contribution in [3.05, 3.63) is 10.4 Å². The number of cyclic esters (lactones) is 1. The highest BCUT2D eigenvalue weighted by Crippen LogP contribution is 2.15. The number of azide groups is 1. The molecule has 1 rings (SSSR count). The van der Waals surface area contributed by atoms with Crippen molar-refractivity contribution in [2.45, 2.75) is 32.7 Å². The molecule has 0 aliphatic carbocycles. The molecule has 1 heterocycles. The van der Waals surface area contributed by atoms with Crippen molar-refractivity contribution in [2.75, 3.05) is 13.2 Å². The summed E-state index contributed by atoms with van der Waals surface area (Å²) in [5.41, 5.74) is 8.23. The Morgan fingerprint density at radius 2 is 2.25 bits per heavy atom. The van der Waals surface area contributed by atoms with Gasteiger partial charge in [0.2, 0.25) is 5.91 Å². The maximum atomic E-state index is 11.9. The fraction of sp³-hybridized carbons (Fsp3) is 0.750. The molecule has 1 N–H and O–H groups in total. The lowest BCUT2D eigenvalue weighted by Gasteiger charge is -2.16. The summed E-state index contributed by atoms with van der Waals surface area (Å²) in [5.74, 6) is -1.71. The van der Waals surface area contributed by atoms with Gasteiger partial charge in [-0.15, -0.1) is 0 Å². The molecular weight excluding hydrogens is 264 g/mol. The largest absolute Gasteiger partial charge is 0.464 e. The Hall–Kier alpha value is -2.08. The van der Waals surface area contributed by atoms with E-state index >= 15 is 0 Å². The van der Waals surface area contributed by atoms with E-state index in [1.165, 1.54) is 0 Å². The number of hydrogen-bond donors (Lipinski definition) is 1. The summed E-state index contributed by atoms with van der Waals surface area (Å²) in [6.07, 6.45) is 0.146. The van der Waals surface area contributed by atoms with Gasteiger partial charge < -0.3 is 10.1 Å². The predicted molar refractivity (Wildman–Crippen MR) is 69.5 cm³/mol. The number of nitrogens with zero attached hydrogens (tertiary/aromatic N) is 3. The van der Waals surface area contributed by atoms with Gasteiger partial charge in [-0.1, -0.05) is 19.0 Å². The van der Waals surface area contributed by atoms with E-state index < -0.39 is 17.9 Å². The minimum atomic E-state index is -0.647. The molecule has 0 aromatic rings. The highest BCUT2D eigenvalue weighted by Gasteiger charge is 2.29. The van der Waals surface area contributed by atoms with E-state index in [1.807, 2.05) is 0 Å². The van der Waals surface area contributed by atoms with Crippen LogP contribution in [0.25, 0.3) is 10.4 Å². The standard InChI is InChI=1S/C12H18N4O4/c1-7(6-14-16-13)8(2)10(17)5-11(18)15-9-3-4-20-12(9)19/h7-9H,3-6H2,1-2H3,(H,15,18)/t7?,8?,9-/m0/s1. The van der Waals surface area contributed by atoms with Gasteiger partial charge in [-0.3, -0.25) is 9.59 Å². The van der Waals surface area contributed by atoms with Gasteiger partial charge in [-0.05, 0) is 11.4 Å². The van der Waals surface area contributed by atoms with Gasteiger partial charge in [-0.2, -0.15) is 0 Å². The van der Waals surface area contributed by atoms with Crippen LogP contribution < -0.4 is 5.32 Å². The summed E-state index contributed by atoms with van der Waals surface area (Å²) in [4.78, 5) is 37.4. The quantitative estimate of drug-likeness (QED) is 0.246. The third kappa shape index (κ3) is 4.55. The third-order valence-corrected chi connectivity index (χ3v) is 3.40. The number of nitrogens with one attached hydrogen (secondary N) is 1. The van der Waals surface area contributed by atoms with Gasteiger partial charge in [0, 0.05) is 23.8 Å². The zero-order valence-corrected chi connectivity index (χ0v) is 11.5. The van der Waals surface area contributed by atoms with Gasteiger partial charge in [0.25, 0.3) is 0 Å². The van der Waals surface area contributed by atoms with Crippen molar-refractivity contribution in [3.63, 3.8) is 0 Å². The summed E-state index contributed by atoms with van der Waals surface area (Å²) in [6, 6.07) is -0.647. The van der Waals surface area contributed by atoms with Crippen LogP contribution in [0.2, 0.25) is 0 Å². The first-order valence-electron chi connectivity index (χ1n) is 6.45. The molecule has 0 saturated carbocycles. The number of amides is 1. The Labute approximate surface area is 116 Å². The van der Waals surface area contributed by atoms with Crippen molar-refractivity contribution in [1.29, 1.82) is 0 Å². The molecule has 1 amide bonds. The molecule has 0 bridgehead atoms. The fourth-order valence-corrected chi connectivity index (χ4v) is 1.83. The van der Waals surface area contributed by atoms with Crippen molar-refractivity contribution >= 4 is 17.7 Å². The molecule has 2 unspecified atom stereocenters. The minimum absolute atomic E-state index is 0.136. The number of hydrogen-bond acceptors (Lipinski definition) is 5. The first-order valence-corrected chi connectivity index (χ1v) is 6.45. The summed E-state index contributed by atoms with van der Waals surface area (Å²) >= 11 is 0. The van der Waals surface area contributed by atoms with Crippen LogP contribution in [0.15, 0.2) is 5.11 Å². The van der Waals surface area contributed by atoms with E-state index in [0.29, 0.717) is 6.42 Å². The Kier molecular flexibility index (Phi) is 5.99. The summed E-state index contributed by atoms with van der Waals surface area (Å²) in [7, 11) is 0. The van der Waals surface area contributed by atoms with E-state index in [0.717, 1.165) is 0 Å². The topological polar surface area (TPSA) is 121 Å². The van der Waals surface area contributed by atoms with Crippen molar-refractivity contribution in [2.24, 2.45) is 17.0 Å². The summed E-state index contributed by atoms with van der Waals surface area (Å²) in [5, 5.41) is 5.89. The normalized spacial score (nSPS) is 20.5. The Balaban J connectivity index is 2.42. The second-order valence-electron chi connectivity index (χ2n) is 4.90. The molecule has 0 radical (unpaired) electrons.